The van der Waals surface area contributed by atoms with Crippen LogP contribution in [0.25, 0.3) is 10.9 Å². The number of nitrogens with zero attached hydrogens (tertiary/aromatic N) is 1. The molecule has 0 spiro atoms. The van der Waals surface area contributed by atoms with Crippen LogP contribution in [0.2, 0.25) is 0 Å². The molecule has 0 radical (unpaired) electrons. The summed E-state index contributed by atoms with van der Waals surface area (Å²) >= 11 is 0. The maximum absolute atomic E-state index is 11.0. The van der Waals surface area contributed by atoms with Crippen LogP contribution >= 0.6 is 0 Å². The summed E-state index contributed by atoms with van der Waals surface area (Å²) in [7, 11) is 1.64. The molecule has 0 bridgehead atoms. The molecule has 0 atom stereocenters. The van der Waals surface area contributed by atoms with Gasteiger partial charge in [0.1, 0.15) is 11.5 Å². The highest BCUT2D eigenvalue weighted by Gasteiger charge is 2.15. The fourth-order valence-electron chi connectivity index (χ4n) is 2.52. The van der Waals surface area contributed by atoms with Crippen molar-refractivity contribution in [2.24, 2.45) is 0 Å². The van der Waals surface area contributed by atoms with E-state index in [1.54, 1.807) is 20.1 Å². The van der Waals surface area contributed by atoms with Crippen LogP contribution in [0.4, 0.5) is 0 Å². The second-order valence-electron chi connectivity index (χ2n) is 4.87. The predicted octanol–water partition coefficient (Wildman–Crippen LogP) is 3.30. The second kappa shape index (κ2) is 5.01. The van der Waals surface area contributed by atoms with Crippen molar-refractivity contribution >= 4 is 16.9 Å². The van der Waals surface area contributed by atoms with Gasteiger partial charge in [0.2, 0.25) is 5.76 Å². The molecule has 2 aromatic heterocycles. The minimum absolute atomic E-state index is 0.000887. The molecular formula is C16H15NO4. The van der Waals surface area contributed by atoms with Crippen molar-refractivity contribution in [3.63, 3.8) is 0 Å². The number of carboxylic acids is 1. The Hall–Kier alpha value is -2.69. The van der Waals surface area contributed by atoms with Gasteiger partial charge in [0, 0.05) is 17.1 Å². The lowest BCUT2D eigenvalue weighted by atomic mass is 10.2. The number of carbonyl (C=O) groups is 1. The fraction of sp³-hybridized carbons (Fsp3) is 0.188. The van der Waals surface area contributed by atoms with Gasteiger partial charge < -0.3 is 18.8 Å². The summed E-state index contributed by atoms with van der Waals surface area (Å²) in [5.41, 5.74) is 1.65. The first-order valence-corrected chi connectivity index (χ1v) is 6.54. The summed E-state index contributed by atoms with van der Waals surface area (Å²) in [5, 5.41) is 10.0. The van der Waals surface area contributed by atoms with Crippen LogP contribution in [0.3, 0.4) is 0 Å². The zero-order chi connectivity index (χ0) is 15.0. The Kier molecular flexibility index (Phi) is 3.17. The van der Waals surface area contributed by atoms with Crippen molar-refractivity contribution < 1.29 is 19.1 Å². The number of furan rings is 1. The van der Waals surface area contributed by atoms with Gasteiger partial charge in [-0.3, -0.25) is 0 Å². The average Bonchev–Trinajstić information content (AvgIpc) is 3.03. The molecule has 21 heavy (non-hydrogen) atoms. The van der Waals surface area contributed by atoms with E-state index < -0.39 is 5.97 Å². The first-order valence-electron chi connectivity index (χ1n) is 6.54. The molecule has 0 aliphatic rings. The summed E-state index contributed by atoms with van der Waals surface area (Å²) in [4.78, 5) is 11.0. The Morgan fingerprint density at radius 3 is 2.86 bits per heavy atom. The normalized spacial score (nSPS) is 11.0. The highest BCUT2D eigenvalue weighted by molar-refractivity contribution is 5.87. The SMILES string of the molecule is COc1cccc2c1ccn2Cc1cc(C)c(C(=O)O)o1. The van der Waals surface area contributed by atoms with E-state index in [0.29, 0.717) is 17.9 Å². The number of aromatic carboxylic acids is 1. The maximum atomic E-state index is 11.0. The van der Waals surface area contributed by atoms with Crippen LogP contribution in [0.5, 0.6) is 5.75 Å². The van der Waals surface area contributed by atoms with E-state index in [1.165, 1.54) is 0 Å². The Morgan fingerprint density at radius 2 is 2.19 bits per heavy atom. The van der Waals surface area contributed by atoms with Gasteiger partial charge in [-0.2, -0.15) is 0 Å². The summed E-state index contributed by atoms with van der Waals surface area (Å²) < 4.78 is 12.7. The zero-order valence-corrected chi connectivity index (χ0v) is 11.8. The molecule has 0 fully saturated rings. The third-order valence-electron chi connectivity index (χ3n) is 3.48. The van der Waals surface area contributed by atoms with Crippen molar-refractivity contribution in [1.29, 1.82) is 0 Å². The topological polar surface area (TPSA) is 64.6 Å². The van der Waals surface area contributed by atoms with Crippen LogP contribution in [0.15, 0.2) is 40.9 Å². The van der Waals surface area contributed by atoms with E-state index in [0.717, 1.165) is 16.7 Å². The van der Waals surface area contributed by atoms with Crippen LogP contribution in [0, 0.1) is 6.92 Å². The number of aryl methyl sites for hydroxylation is 1. The van der Waals surface area contributed by atoms with Gasteiger partial charge in [-0.15, -0.1) is 0 Å². The molecule has 3 rings (SSSR count). The van der Waals surface area contributed by atoms with Crippen molar-refractivity contribution in [2.75, 3.05) is 7.11 Å². The van der Waals surface area contributed by atoms with Crippen LogP contribution in [-0.2, 0) is 6.54 Å². The molecule has 3 aromatic rings. The lowest BCUT2D eigenvalue weighted by Gasteiger charge is -2.05. The number of fused-ring (bicyclic) bond motifs is 1. The van der Waals surface area contributed by atoms with Gasteiger partial charge in [0.15, 0.2) is 0 Å². The number of hydrogen-bond donors (Lipinski definition) is 1. The van der Waals surface area contributed by atoms with Gasteiger partial charge in [0.25, 0.3) is 0 Å². The smallest absolute Gasteiger partial charge is 0.372 e. The molecular weight excluding hydrogens is 270 g/mol. The minimum atomic E-state index is -1.04. The van der Waals surface area contributed by atoms with Gasteiger partial charge in [-0.1, -0.05) is 6.07 Å². The summed E-state index contributed by atoms with van der Waals surface area (Å²) in [5.74, 6) is 0.384. The summed E-state index contributed by atoms with van der Waals surface area (Å²) in [6, 6.07) is 9.56. The molecule has 1 N–H and O–H groups in total. The number of benzene rings is 1. The van der Waals surface area contributed by atoms with E-state index >= 15 is 0 Å². The average molecular weight is 285 g/mol. The number of hydrogen-bond acceptors (Lipinski definition) is 3. The molecule has 5 heteroatoms. The Bertz CT molecular complexity index is 813. The predicted molar refractivity (Wildman–Crippen MR) is 78.0 cm³/mol. The maximum Gasteiger partial charge on any atom is 0.372 e. The highest BCUT2D eigenvalue weighted by Crippen LogP contribution is 2.27. The molecule has 108 valence electrons. The molecule has 2 heterocycles. The molecule has 0 unspecified atom stereocenters. The quantitative estimate of drug-likeness (QED) is 0.798. The first-order chi connectivity index (χ1) is 10.1. The van der Waals surface area contributed by atoms with Crippen LogP contribution in [0.1, 0.15) is 21.9 Å². The highest BCUT2D eigenvalue weighted by atomic mass is 16.5. The van der Waals surface area contributed by atoms with Crippen molar-refractivity contribution in [3.8, 4) is 5.75 Å². The summed E-state index contributed by atoms with van der Waals surface area (Å²) in [6.07, 6.45) is 1.94. The van der Waals surface area contributed by atoms with E-state index in [1.807, 2.05) is 35.0 Å². The van der Waals surface area contributed by atoms with Crippen molar-refractivity contribution in [1.82, 2.24) is 4.57 Å². The Balaban J connectivity index is 1.99. The summed E-state index contributed by atoms with van der Waals surface area (Å²) in [6.45, 7) is 2.21. The lowest BCUT2D eigenvalue weighted by molar-refractivity contribution is 0.0659. The van der Waals surface area contributed by atoms with E-state index in [2.05, 4.69) is 0 Å². The molecule has 5 nitrogen and oxygen atoms in total. The first kappa shape index (κ1) is 13.3. The standard InChI is InChI=1S/C16H15NO4/c1-10-8-11(21-15(10)16(18)19)9-17-7-6-12-13(17)4-3-5-14(12)20-2/h3-8H,9H2,1-2H3,(H,18,19). The Morgan fingerprint density at radius 1 is 1.38 bits per heavy atom. The van der Waals surface area contributed by atoms with Gasteiger partial charge in [-0.05, 0) is 31.2 Å². The third-order valence-corrected chi connectivity index (χ3v) is 3.48. The number of rotatable bonds is 4. The lowest BCUT2D eigenvalue weighted by Crippen LogP contribution is -1.97. The van der Waals surface area contributed by atoms with Crippen molar-refractivity contribution in [3.05, 3.63) is 53.6 Å². The number of ether oxygens (including phenoxy) is 1. The molecule has 0 saturated carbocycles. The number of methoxy groups -OCH3 is 1. The van der Waals surface area contributed by atoms with Gasteiger partial charge in [-0.25, -0.2) is 4.79 Å². The monoisotopic (exact) mass is 285 g/mol. The molecule has 1 aromatic carbocycles. The van der Waals surface area contributed by atoms with E-state index in [-0.39, 0.29) is 5.76 Å². The Labute approximate surface area is 121 Å². The third kappa shape index (κ3) is 2.27. The molecule has 0 amide bonds. The van der Waals surface area contributed by atoms with Crippen LogP contribution < -0.4 is 4.74 Å². The van der Waals surface area contributed by atoms with Gasteiger partial charge >= 0.3 is 5.97 Å². The fourth-order valence-corrected chi connectivity index (χ4v) is 2.52. The number of aromatic nitrogens is 1. The van der Waals surface area contributed by atoms with Crippen molar-refractivity contribution in [2.45, 2.75) is 13.5 Å². The molecule has 0 saturated heterocycles. The zero-order valence-electron chi connectivity index (χ0n) is 11.8. The second-order valence-corrected chi connectivity index (χ2v) is 4.87. The minimum Gasteiger partial charge on any atom is -0.496 e. The largest absolute Gasteiger partial charge is 0.496 e. The molecule has 0 aliphatic carbocycles. The van der Waals surface area contributed by atoms with E-state index in [4.69, 9.17) is 14.3 Å². The van der Waals surface area contributed by atoms with E-state index in [9.17, 15) is 4.79 Å². The molecule has 0 aliphatic heterocycles. The number of carboxylic acid groups (broad SMARTS) is 1. The van der Waals surface area contributed by atoms with Gasteiger partial charge in [0.05, 0.1) is 19.2 Å². The van der Waals surface area contributed by atoms with Crippen LogP contribution in [-0.4, -0.2) is 22.8 Å².